The van der Waals surface area contributed by atoms with Crippen LogP contribution in [0.1, 0.15) is 44.9 Å². The van der Waals surface area contributed by atoms with Gasteiger partial charge in [0.15, 0.2) is 0 Å². The summed E-state index contributed by atoms with van der Waals surface area (Å²) in [6, 6.07) is 7.56. The maximum absolute atomic E-state index is 12.0. The van der Waals surface area contributed by atoms with Crippen LogP contribution in [-0.2, 0) is 4.79 Å². The van der Waals surface area contributed by atoms with Gasteiger partial charge in [0.1, 0.15) is 5.75 Å². The molecule has 2 N–H and O–H groups in total. The topological polar surface area (TPSA) is 62.7 Å². The van der Waals surface area contributed by atoms with Crippen molar-refractivity contribution in [2.75, 3.05) is 19.0 Å². The summed E-state index contributed by atoms with van der Waals surface area (Å²) >= 11 is 0. The fourth-order valence-corrected chi connectivity index (χ4v) is 3.94. The van der Waals surface area contributed by atoms with Gasteiger partial charge < -0.3 is 10.1 Å². The van der Waals surface area contributed by atoms with Crippen LogP contribution in [0.5, 0.6) is 5.75 Å². The van der Waals surface area contributed by atoms with Gasteiger partial charge in [-0.15, -0.1) is 0 Å². The zero-order valence-electron chi connectivity index (χ0n) is 14.4. The van der Waals surface area contributed by atoms with E-state index in [1.54, 1.807) is 7.11 Å². The van der Waals surface area contributed by atoms with Gasteiger partial charge in [0, 0.05) is 5.71 Å². The molecular formula is C19H27N3O2. The van der Waals surface area contributed by atoms with Crippen molar-refractivity contribution in [3.8, 4) is 5.75 Å². The lowest BCUT2D eigenvalue weighted by Gasteiger charge is -2.35. The number of fused-ring (bicyclic) bond motifs is 1. The number of nitrogens with zero attached hydrogens (tertiary/aromatic N) is 1. The fraction of sp³-hybridized carbons (Fsp3) is 0.579. The van der Waals surface area contributed by atoms with E-state index in [0.29, 0.717) is 0 Å². The highest BCUT2D eigenvalue weighted by molar-refractivity contribution is 5.88. The fourth-order valence-electron chi connectivity index (χ4n) is 3.94. The van der Waals surface area contributed by atoms with Crippen LogP contribution in [0.25, 0.3) is 0 Å². The Hall–Kier alpha value is -2.04. The van der Waals surface area contributed by atoms with E-state index in [1.165, 1.54) is 32.1 Å². The molecule has 2 aliphatic carbocycles. The average molecular weight is 329 g/mol. The number of ether oxygens (including phenoxy) is 1. The Morgan fingerprint density at radius 1 is 1.21 bits per heavy atom. The molecule has 0 saturated heterocycles. The first-order valence-corrected chi connectivity index (χ1v) is 8.97. The number of anilines is 1. The van der Waals surface area contributed by atoms with E-state index in [-0.39, 0.29) is 12.5 Å². The first-order valence-electron chi connectivity index (χ1n) is 8.97. The maximum atomic E-state index is 12.0. The number of rotatable bonds is 5. The molecule has 3 rings (SSSR count). The van der Waals surface area contributed by atoms with Crippen molar-refractivity contribution < 1.29 is 9.53 Å². The van der Waals surface area contributed by atoms with Crippen molar-refractivity contribution in [1.82, 2.24) is 5.43 Å². The second-order valence-electron chi connectivity index (χ2n) is 6.81. The largest absolute Gasteiger partial charge is 0.495 e. The third-order valence-electron chi connectivity index (χ3n) is 5.25. The monoisotopic (exact) mass is 329 g/mol. The van der Waals surface area contributed by atoms with Crippen molar-refractivity contribution in [2.45, 2.75) is 44.9 Å². The minimum absolute atomic E-state index is 0.126. The molecule has 1 amide bonds. The zero-order valence-corrected chi connectivity index (χ0v) is 14.4. The van der Waals surface area contributed by atoms with Crippen LogP contribution in [0.4, 0.5) is 5.69 Å². The van der Waals surface area contributed by atoms with Gasteiger partial charge >= 0.3 is 0 Å². The summed E-state index contributed by atoms with van der Waals surface area (Å²) in [4.78, 5) is 12.0. The van der Waals surface area contributed by atoms with Gasteiger partial charge in [0.25, 0.3) is 5.91 Å². The lowest BCUT2D eigenvalue weighted by molar-refractivity contribution is -0.119. The highest BCUT2D eigenvalue weighted by atomic mass is 16.5. The van der Waals surface area contributed by atoms with Gasteiger partial charge in [-0.25, -0.2) is 5.43 Å². The Bertz CT molecular complexity index is 600. The standard InChI is InChI=1S/C19H27N3O2/c1-24-18-9-5-4-8-17(18)20-13-19(23)22-21-16-11-10-14-6-2-3-7-15(14)12-16/h4-5,8-9,14-15,20H,2-3,6-7,10-13H2,1H3,(H,22,23)/b21-16-/t14-,15-/m0/s1. The van der Waals surface area contributed by atoms with Crippen LogP contribution >= 0.6 is 0 Å². The average Bonchev–Trinajstić information content (AvgIpc) is 2.64. The molecule has 0 aromatic heterocycles. The molecule has 0 unspecified atom stereocenters. The molecule has 0 spiro atoms. The number of carbonyl (C=O) groups is 1. The third-order valence-corrected chi connectivity index (χ3v) is 5.25. The normalized spacial score (nSPS) is 25.0. The molecule has 24 heavy (non-hydrogen) atoms. The number of hydrogen-bond donors (Lipinski definition) is 2. The number of benzene rings is 1. The third kappa shape index (κ3) is 4.28. The minimum Gasteiger partial charge on any atom is -0.495 e. The molecule has 2 fully saturated rings. The Morgan fingerprint density at radius 2 is 2.00 bits per heavy atom. The quantitative estimate of drug-likeness (QED) is 0.812. The molecule has 2 saturated carbocycles. The van der Waals surface area contributed by atoms with Gasteiger partial charge in [0.2, 0.25) is 0 Å². The van der Waals surface area contributed by atoms with Gasteiger partial charge in [-0.1, -0.05) is 31.4 Å². The molecule has 5 heteroatoms. The summed E-state index contributed by atoms with van der Waals surface area (Å²) in [5, 5.41) is 7.47. The van der Waals surface area contributed by atoms with Gasteiger partial charge in [-0.3, -0.25) is 4.79 Å². The molecular weight excluding hydrogens is 302 g/mol. The maximum Gasteiger partial charge on any atom is 0.259 e. The van der Waals surface area contributed by atoms with E-state index in [9.17, 15) is 4.79 Å². The first-order chi connectivity index (χ1) is 11.8. The van der Waals surface area contributed by atoms with Crippen LogP contribution in [0, 0.1) is 11.8 Å². The van der Waals surface area contributed by atoms with Crippen molar-refractivity contribution in [2.24, 2.45) is 16.9 Å². The number of methoxy groups -OCH3 is 1. The number of nitrogens with one attached hydrogen (secondary N) is 2. The molecule has 130 valence electrons. The van der Waals surface area contributed by atoms with Crippen molar-refractivity contribution >= 4 is 17.3 Å². The van der Waals surface area contributed by atoms with E-state index in [4.69, 9.17) is 4.74 Å². The lowest BCUT2D eigenvalue weighted by Crippen LogP contribution is -2.31. The van der Waals surface area contributed by atoms with E-state index >= 15 is 0 Å². The Balaban J connectivity index is 1.47. The van der Waals surface area contributed by atoms with E-state index in [1.807, 2.05) is 24.3 Å². The molecule has 1 aromatic rings. The number of amides is 1. The van der Waals surface area contributed by atoms with Crippen molar-refractivity contribution in [3.05, 3.63) is 24.3 Å². The molecule has 0 heterocycles. The molecule has 0 aliphatic heterocycles. The van der Waals surface area contributed by atoms with E-state index < -0.39 is 0 Å². The van der Waals surface area contributed by atoms with Crippen LogP contribution < -0.4 is 15.5 Å². The summed E-state index contributed by atoms with van der Waals surface area (Å²) < 4.78 is 5.26. The first kappa shape index (κ1) is 16.8. The highest BCUT2D eigenvalue weighted by Gasteiger charge is 2.30. The summed E-state index contributed by atoms with van der Waals surface area (Å²) in [5.74, 6) is 2.28. The van der Waals surface area contributed by atoms with Crippen molar-refractivity contribution in [1.29, 1.82) is 0 Å². The summed E-state index contributed by atoms with van der Waals surface area (Å²) in [6.07, 6.45) is 8.77. The summed E-state index contributed by atoms with van der Waals surface area (Å²) in [6.45, 7) is 0.184. The van der Waals surface area contributed by atoms with Crippen LogP contribution in [0.2, 0.25) is 0 Å². The number of carbonyl (C=O) groups excluding carboxylic acids is 1. The van der Waals surface area contributed by atoms with Gasteiger partial charge in [-0.05, 0) is 49.7 Å². The predicted octanol–water partition coefficient (Wildman–Crippen LogP) is 3.57. The summed E-state index contributed by atoms with van der Waals surface area (Å²) in [7, 11) is 1.62. The van der Waals surface area contributed by atoms with Gasteiger partial charge in [0.05, 0.1) is 19.3 Å². The molecule has 5 nitrogen and oxygen atoms in total. The van der Waals surface area contributed by atoms with Crippen molar-refractivity contribution in [3.63, 3.8) is 0 Å². The molecule has 0 bridgehead atoms. The second-order valence-corrected chi connectivity index (χ2v) is 6.81. The highest BCUT2D eigenvalue weighted by Crippen LogP contribution is 2.39. The number of para-hydroxylation sites is 2. The van der Waals surface area contributed by atoms with Crippen LogP contribution in [0.15, 0.2) is 29.4 Å². The predicted molar refractivity (Wildman–Crippen MR) is 96.4 cm³/mol. The number of hydrogen-bond acceptors (Lipinski definition) is 4. The Kier molecular flexibility index (Phi) is 5.72. The molecule has 0 radical (unpaired) electrons. The zero-order chi connectivity index (χ0) is 16.8. The lowest BCUT2D eigenvalue weighted by atomic mass is 9.70. The molecule has 1 aromatic carbocycles. The second kappa shape index (κ2) is 8.18. The van der Waals surface area contributed by atoms with Gasteiger partial charge in [-0.2, -0.15) is 5.10 Å². The van der Waals surface area contributed by atoms with E-state index in [0.717, 1.165) is 41.8 Å². The van der Waals surface area contributed by atoms with E-state index in [2.05, 4.69) is 15.8 Å². The minimum atomic E-state index is -0.126. The Labute approximate surface area is 143 Å². The smallest absolute Gasteiger partial charge is 0.259 e. The SMILES string of the molecule is COc1ccccc1NCC(=O)N/N=C1/CC[C@@H]2CCCC[C@H]2C1. The summed E-state index contributed by atoms with van der Waals surface area (Å²) in [5.41, 5.74) is 4.67. The molecule has 2 atom stereocenters. The number of hydrazone groups is 1. The Morgan fingerprint density at radius 3 is 2.83 bits per heavy atom. The molecule has 2 aliphatic rings. The van der Waals surface area contributed by atoms with Crippen LogP contribution in [-0.4, -0.2) is 25.3 Å². The van der Waals surface area contributed by atoms with Crippen LogP contribution in [0.3, 0.4) is 0 Å².